The molecule has 0 aliphatic carbocycles. The Kier molecular flexibility index (Phi) is 3.97. The van der Waals surface area contributed by atoms with Crippen LogP contribution in [0.15, 0.2) is 47.4 Å². The number of nitrogens with zero attached hydrogens (tertiary/aromatic N) is 1. The van der Waals surface area contributed by atoms with E-state index in [0.29, 0.717) is 10.7 Å². The van der Waals surface area contributed by atoms with Gasteiger partial charge in [-0.1, -0.05) is 11.6 Å². The molecule has 4 nitrogen and oxygen atoms in total. The maximum absolute atomic E-state index is 12.7. The highest BCUT2D eigenvalue weighted by Crippen LogP contribution is 2.08. The molecule has 0 unspecified atom stereocenters. The van der Waals surface area contributed by atoms with Crippen LogP contribution in [0.25, 0.3) is 0 Å². The summed E-state index contributed by atoms with van der Waals surface area (Å²) in [5.41, 5.74) is 0.139. The van der Waals surface area contributed by atoms with Gasteiger partial charge in [0.05, 0.1) is 5.02 Å². The summed E-state index contributed by atoms with van der Waals surface area (Å²) in [7, 11) is 0. The number of pyridine rings is 1. The SMILES string of the molecule is O=C(Cn1cc(Cl)ccc1=O)Nc1ccc(F)cc1. The fourth-order valence-corrected chi connectivity index (χ4v) is 1.69. The molecule has 19 heavy (non-hydrogen) atoms. The second-order valence-electron chi connectivity index (χ2n) is 3.87. The quantitative estimate of drug-likeness (QED) is 0.938. The van der Waals surface area contributed by atoms with E-state index in [4.69, 9.17) is 11.6 Å². The molecule has 0 fully saturated rings. The second-order valence-corrected chi connectivity index (χ2v) is 4.30. The lowest BCUT2D eigenvalue weighted by Gasteiger charge is -2.07. The lowest BCUT2D eigenvalue weighted by molar-refractivity contribution is -0.116. The predicted molar refractivity (Wildman–Crippen MR) is 70.7 cm³/mol. The van der Waals surface area contributed by atoms with E-state index in [-0.39, 0.29) is 17.9 Å². The van der Waals surface area contributed by atoms with E-state index in [1.165, 1.54) is 47.2 Å². The van der Waals surface area contributed by atoms with E-state index in [9.17, 15) is 14.0 Å². The average molecular weight is 281 g/mol. The Bertz CT molecular complexity index is 652. The smallest absolute Gasteiger partial charge is 0.251 e. The Morgan fingerprint density at radius 3 is 2.58 bits per heavy atom. The Balaban J connectivity index is 2.07. The average Bonchev–Trinajstić information content (AvgIpc) is 2.37. The number of aromatic nitrogens is 1. The number of amides is 1. The predicted octanol–water partition coefficient (Wildman–Crippen LogP) is 2.28. The Morgan fingerprint density at radius 2 is 1.89 bits per heavy atom. The van der Waals surface area contributed by atoms with E-state index < -0.39 is 5.91 Å². The minimum atomic E-state index is -0.393. The molecule has 1 aromatic heterocycles. The zero-order valence-electron chi connectivity index (χ0n) is 9.77. The van der Waals surface area contributed by atoms with Crippen molar-refractivity contribution in [2.45, 2.75) is 6.54 Å². The monoisotopic (exact) mass is 280 g/mol. The zero-order chi connectivity index (χ0) is 13.8. The maximum atomic E-state index is 12.7. The van der Waals surface area contributed by atoms with Gasteiger partial charge in [-0.05, 0) is 30.3 Å². The minimum Gasteiger partial charge on any atom is -0.325 e. The normalized spacial score (nSPS) is 10.2. The van der Waals surface area contributed by atoms with Gasteiger partial charge in [-0.2, -0.15) is 0 Å². The molecule has 0 saturated heterocycles. The van der Waals surface area contributed by atoms with Crippen molar-refractivity contribution in [2.75, 3.05) is 5.32 Å². The van der Waals surface area contributed by atoms with Gasteiger partial charge in [0.2, 0.25) is 5.91 Å². The number of carbonyl (C=O) groups is 1. The lowest BCUT2D eigenvalue weighted by atomic mass is 10.3. The molecule has 0 aliphatic rings. The number of hydrogen-bond acceptors (Lipinski definition) is 2. The van der Waals surface area contributed by atoms with E-state index >= 15 is 0 Å². The highest BCUT2D eigenvalue weighted by molar-refractivity contribution is 6.30. The standard InChI is InChI=1S/C13H10ClFN2O2/c14-9-1-6-13(19)17(7-9)8-12(18)16-11-4-2-10(15)3-5-11/h1-7H,8H2,(H,16,18). The van der Waals surface area contributed by atoms with Gasteiger partial charge in [-0.3, -0.25) is 9.59 Å². The van der Waals surface area contributed by atoms with Crippen LogP contribution in [-0.2, 0) is 11.3 Å². The van der Waals surface area contributed by atoms with Crippen LogP contribution >= 0.6 is 11.6 Å². The molecule has 6 heteroatoms. The number of anilines is 1. The minimum absolute atomic E-state index is 0.156. The third kappa shape index (κ3) is 3.66. The van der Waals surface area contributed by atoms with Crippen LogP contribution in [0.2, 0.25) is 5.02 Å². The van der Waals surface area contributed by atoms with Gasteiger partial charge >= 0.3 is 0 Å². The Morgan fingerprint density at radius 1 is 1.21 bits per heavy atom. The first-order valence-electron chi connectivity index (χ1n) is 5.46. The first-order valence-corrected chi connectivity index (χ1v) is 5.84. The fourth-order valence-electron chi connectivity index (χ4n) is 1.51. The van der Waals surface area contributed by atoms with Crippen LogP contribution < -0.4 is 10.9 Å². The van der Waals surface area contributed by atoms with Crippen LogP contribution in [-0.4, -0.2) is 10.5 Å². The molecule has 1 amide bonds. The highest BCUT2D eigenvalue weighted by atomic mass is 35.5. The number of carbonyl (C=O) groups excluding carboxylic acids is 1. The molecule has 0 aliphatic heterocycles. The number of hydrogen-bond donors (Lipinski definition) is 1. The van der Waals surface area contributed by atoms with Gasteiger partial charge in [-0.15, -0.1) is 0 Å². The lowest BCUT2D eigenvalue weighted by Crippen LogP contribution is -2.26. The molecule has 1 heterocycles. The molecule has 1 aromatic carbocycles. The van der Waals surface area contributed by atoms with Crippen LogP contribution in [0.4, 0.5) is 10.1 Å². The fraction of sp³-hybridized carbons (Fsp3) is 0.0769. The molecule has 0 radical (unpaired) electrons. The van der Waals surface area contributed by atoms with Crippen LogP contribution in [0.1, 0.15) is 0 Å². The van der Waals surface area contributed by atoms with Crippen LogP contribution in [0.5, 0.6) is 0 Å². The van der Waals surface area contributed by atoms with Crippen LogP contribution in [0.3, 0.4) is 0 Å². The molecule has 2 rings (SSSR count). The molecule has 0 atom stereocenters. The summed E-state index contributed by atoms with van der Waals surface area (Å²) in [6, 6.07) is 8.09. The molecule has 1 N–H and O–H groups in total. The van der Waals surface area contributed by atoms with Crippen molar-refractivity contribution in [3.05, 3.63) is 63.8 Å². The Labute approximate surface area is 113 Å². The number of nitrogens with one attached hydrogen (secondary N) is 1. The molecule has 0 spiro atoms. The van der Waals surface area contributed by atoms with Gasteiger partial charge < -0.3 is 9.88 Å². The third-order valence-corrected chi connectivity index (χ3v) is 2.61. The van der Waals surface area contributed by atoms with Gasteiger partial charge in [0, 0.05) is 18.0 Å². The van der Waals surface area contributed by atoms with Gasteiger partial charge in [0.1, 0.15) is 12.4 Å². The summed E-state index contributed by atoms with van der Waals surface area (Å²) in [4.78, 5) is 23.2. The molecule has 0 saturated carbocycles. The summed E-state index contributed by atoms with van der Waals surface area (Å²) in [5, 5.41) is 2.93. The van der Waals surface area contributed by atoms with E-state index in [0.717, 1.165) is 0 Å². The Hall–Kier alpha value is -2.14. The summed E-state index contributed by atoms with van der Waals surface area (Å²) < 4.78 is 13.9. The number of halogens is 2. The van der Waals surface area contributed by atoms with Crippen molar-refractivity contribution in [1.29, 1.82) is 0 Å². The van der Waals surface area contributed by atoms with E-state index in [2.05, 4.69) is 5.32 Å². The maximum Gasteiger partial charge on any atom is 0.251 e. The first-order chi connectivity index (χ1) is 9.04. The molecule has 98 valence electrons. The molecular formula is C13H10ClFN2O2. The molecule has 0 bridgehead atoms. The van der Waals surface area contributed by atoms with E-state index in [1.54, 1.807) is 0 Å². The van der Waals surface area contributed by atoms with Crippen molar-refractivity contribution in [3.8, 4) is 0 Å². The van der Waals surface area contributed by atoms with Gasteiger partial charge in [0.15, 0.2) is 0 Å². The summed E-state index contributed by atoms with van der Waals surface area (Å²) in [6.45, 7) is -0.156. The summed E-state index contributed by atoms with van der Waals surface area (Å²) in [6.07, 6.45) is 1.38. The third-order valence-electron chi connectivity index (χ3n) is 2.39. The first kappa shape index (κ1) is 13.3. The van der Waals surface area contributed by atoms with Gasteiger partial charge in [0.25, 0.3) is 5.56 Å². The summed E-state index contributed by atoms with van der Waals surface area (Å²) in [5.74, 6) is -0.778. The van der Waals surface area contributed by atoms with Crippen molar-refractivity contribution in [3.63, 3.8) is 0 Å². The zero-order valence-corrected chi connectivity index (χ0v) is 10.5. The summed E-state index contributed by atoms with van der Waals surface area (Å²) >= 11 is 5.74. The van der Waals surface area contributed by atoms with Crippen LogP contribution in [0, 0.1) is 5.82 Å². The number of rotatable bonds is 3. The second kappa shape index (κ2) is 5.67. The molecule has 2 aromatic rings. The van der Waals surface area contributed by atoms with Crippen molar-refractivity contribution in [2.24, 2.45) is 0 Å². The largest absolute Gasteiger partial charge is 0.325 e. The van der Waals surface area contributed by atoms with Gasteiger partial charge in [-0.25, -0.2) is 4.39 Å². The topological polar surface area (TPSA) is 51.1 Å². The molecular weight excluding hydrogens is 271 g/mol. The van der Waals surface area contributed by atoms with E-state index in [1.807, 2.05) is 0 Å². The highest BCUT2D eigenvalue weighted by Gasteiger charge is 2.05. The van der Waals surface area contributed by atoms with Crippen molar-refractivity contribution in [1.82, 2.24) is 4.57 Å². The number of benzene rings is 1. The van der Waals surface area contributed by atoms with Crippen molar-refractivity contribution >= 4 is 23.2 Å². The van der Waals surface area contributed by atoms with Crippen molar-refractivity contribution < 1.29 is 9.18 Å².